The summed E-state index contributed by atoms with van der Waals surface area (Å²) >= 11 is 0. The fraction of sp³-hybridized carbons (Fsp3) is 0.200. The molecule has 16 heavy (non-hydrogen) atoms. The largest absolute Gasteiger partial charge is 0.480 e. The Kier molecular flexibility index (Phi) is 2.34. The molecule has 0 amide bonds. The maximum absolute atomic E-state index is 13.0. The highest BCUT2D eigenvalue weighted by molar-refractivity contribution is 5.79. The molecule has 0 spiro atoms. The zero-order valence-electron chi connectivity index (χ0n) is 8.32. The molecule has 0 aliphatic carbocycles. The van der Waals surface area contributed by atoms with Gasteiger partial charge < -0.3 is 9.67 Å². The SMILES string of the molecule is C[C@@H](C(=O)O)n1cnc2cc(F)c(F)cc21. The van der Waals surface area contributed by atoms with Crippen molar-refractivity contribution >= 4 is 17.0 Å². The van der Waals surface area contributed by atoms with E-state index < -0.39 is 23.6 Å². The van der Waals surface area contributed by atoms with Gasteiger partial charge in [0.2, 0.25) is 0 Å². The average Bonchev–Trinajstić information content (AvgIpc) is 2.60. The molecule has 0 fully saturated rings. The van der Waals surface area contributed by atoms with Crippen LogP contribution in [0.2, 0.25) is 0 Å². The van der Waals surface area contributed by atoms with Crippen molar-refractivity contribution in [2.45, 2.75) is 13.0 Å². The van der Waals surface area contributed by atoms with E-state index in [1.165, 1.54) is 17.8 Å². The first-order chi connectivity index (χ1) is 7.50. The van der Waals surface area contributed by atoms with Crippen molar-refractivity contribution in [1.29, 1.82) is 0 Å². The van der Waals surface area contributed by atoms with Crippen molar-refractivity contribution < 1.29 is 18.7 Å². The smallest absolute Gasteiger partial charge is 0.326 e. The van der Waals surface area contributed by atoms with E-state index in [-0.39, 0.29) is 11.0 Å². The molecule has 0 radical (unpaired) electrons. The highest BCUT2D eigenvalue weighted by atomic mass is 19.2. The number of carbonyl (C=O) groups is 1. The molecule has 0 saturated carbocycles. The number of carboxylic acids is 1. The third-order valence-corrected chi connectivity index (χ3v) is 2.39. The third-order valence-electron chi connectivity index (χ3n) is 2.39. The van der Waals surface area contributed by atoms with E-state index in [0.717, 1.165) is 12.1 Å². The minimum Gasteiger partial charge on any atom is -0.480 e. The zero-order chi connectivity index (χ0) is 11.9. The summed E-state index contributed by atoms with van der Waals surface area (Å²) in [6.45, 7) is 1.44. The number of imidazole rings is 1. The van der Waals surface area contributed by atoms with Crippen molar-refractivity contribution in [3.05, 3.63) is 30.1 Å². The van der Waals surface area contributed by atoms with Crippen LogP contribution in [0, 0.1) is 11.6 Å². The number of aliphatic carboxylic acids is 1. The topological polar surface area (TPSA) is 55.1 Å². The lowest BCUT2D eigenvalue weighted by Gasteiger charge is -2.08. The normalized spacial score (nSPS) is 12.9. The number of aromatic nitrogens is 2. The lowest BCUT2D eigenvalue weighted by Crippen LogP contribution is -2.14. The number of hydrogen-bond acceptors (Lipinski definition) is 2. The fourth-order valence-corrected chi connectivity index (χ4v) is 1.45. The number of benzene rings is 1. The second-order valence-electron chi connectivity index (χ2n) is 3.42. The molecule has 1 aromatic carbocycles. The highest BCUT2D eigenvalue weighted by Crippen LogP contribution is 2.20. The van der Waals surface area contributed by atoms with Crippen molar-refractivity contribution in [3.63, 3.8) is 0 Å². The summed E-state index contributed by atoms with van der Waals surface area (Å²) in [5.41, 5.74) is 0.487. The Bertz CT molecular complexity index is 565. The molecule has 4 nitrogen and oxygen atoms in total. The minimum absolute atomic E-state index is 0.229. The molecule has 0 saturated heterocycles. The van der Waals surface area contributed by atoms with E-state index in [1.807, 2.05) is 0 Å². The summed E-state index contributed by atoms with van der Waals surface area (Å²) in [4.78, 5) is 14.6. The predicted molar refractivity (Wildman–Crippen MR) is 52.0 cm³/mol. The second-order valence-corrected chi connectivity index (χ2v) is 3.42. The molecule has 0 unspecified atom stereocenters. The van der Waals surface area contributed by atoms with Crippen LogP contribution in [0.1, 0.15) is 13.0 Å². The van der Waals surface area contributed by atoms with Crippen LogP contribution in [0.3, 0.4) is 0 Å². The lowest BCUT2D eigenvalue weighted by atomic mass is 10.2. The molecule has 1 heterocycles. The first-order valence-corrected chi connectivity index (χ1v) is 4.55. The number of hydrogen-bond donors (Lipinski definition) is 1. The Balaban J connectivity index is 2.65. The van der Waals surface area contributed by atoms with Crippen LogP contribution in [0.15, 0.2) is 18.5 Å². The monoisotopic (exact) mass is 226 g/mol. The number of carboxylic acid groups (broad SMARTS) is 1. The Morgan fingerprint density at radius 3 is 2.69 bits per heavy atom. The number of rotatable bonds is 2. The molecule has 6 heteroatoms. The molecule has 0 bridgehead atoms. The van der Waals surface area contributed by atoms with Gasteiger partial charge in [-0.2, -0.15) is 0 Å². The molecule has 2 aromatic rings. The Labute approximate surface area is 89.1 Å². The van der Waals surface area contributed by atoms with Gasteiger partial charge in [0.1, 0.15) is 6.04 Å². The van der Waals surface area contributed by atoms with Gasteiger partial charge in [-0.1, -0.05) is 0 Å². The number of fused-ring (bicyclic) bond motifs is 1. The number of halogens is 2. The first-order valence-electron chi connectivity index (χ1n) is 4.55. The fourth-order valence-electron chi connectivity index (χ4n) is 1.45. The van der Waals surface area contributed by atoms with Gasteiger partial charge in [-0.15, -0.1) is 0 Å². The quantitative estimate of drug-likeness (QED) is 0.851. The molecule has 0 aliphatic rings. The second kappa shape index (κ2) is 3.55. The van der Waals surface area contributed by atoms with Crippen LogP contribution >= 0.6 is 0 Å². The average molecular weight is 226 g/mol. The lowest BCUT2D eigenvalue weighted by molar-refractivity contribution is -0.140. The van der Waals surface area contributed by atoms with Crippen molar-refractivity contribution in [3.8, 4) is 0 Å². The van der Waals surface area contributed by atoms with Gasteiger partial charge in [0, 0.05) is 12.1 Å². The molecular formula is C10H8F2N2O2. The highest BCUT2D eigenvalue weighted by Gasteiger charge is 2.17. The van der Waals surface area contributed by atoms with Gasteiger partial charge >= 0.3 is 5.97 Å². The maximum atomic E-state index is 13.0. The standard InChI is InChI=1S/C10H8F2N2O2/c1-5(10(15)16)14-4-13-8-2-6(11)7(12)3-9(8)14/h2-5H,1H3,(H,15,16)/t5-/m0/s1. The number of nitrogens with zero attached hydrogens (tertiary/aromatic N) is 2. The van der Waals surface area contributed by atoms with E-state index in [4.69, 9.17) is 5.11 Å². The van der Waals surface area contributed by atoms with Crippen LogP contribution in [0.5, 0.6) is 0 Å². The summed E-state index contributed by atoms with van der Waals surface area (Å²) in [6.07, 6.45) is 1.25. The molecule has 84 valence electrons. The van der Waals surface area contributed by atoms with Crippen molar-refractivity contribution in [1.82, 2.24) is 9.55 Å². The molecule has 2 rings (SSSR count). The van der Waals surface area contributed by atoms with E-state index in [2.05, 4.69) is 4.98 Å². The van der Waals surface area contributed by atoms with Gasteiger partial charge in [-0.3, -0.25) is 0 Å². The molecule has 1 atom stereocenters. The summed E-state index contributed by atoms with van der Waals surface area (Å²) in [5, 5.41) is 8.82. The molecule has 1 aromatic heterocycles. The van der Waals surface area contributed by atoms with Gasteiger partial charge in [0.25, 0.3) is 0 Å². The van der Waals surface area contributed by atoms with Gasteiger partial charge in [-0.25, -0.2) is 18.6 Å². The van der Waals surface area contributed by atoms with Crippen LogP contribution in [-0.2, 0) is 4.79 Å². The van der Waals surface area contributed by atoms with E-state index >= 15 is 0 Å². The summed E-state index contributed by atoms with van der Waals surface area (Å²) in [6, 6.07) is 1.00. The molecular weight excluding hydrogens is 218 g/mol. The van der Waals surface area contributed by atoms with Crippen LogP contribution in [-0.4, -0.2) is 20.6 Å². The summed E-state index contributed by atoms with van der Waals surface area (Å²) in [5.74, 6) is -3.09. The van der Waals surface area contributed by atoms with Gasteiger partial charge in [0.05, 0.1) is 17.4 Å². The van der Waals surface area contributed by atoms with Crippen molar-refractivity contribution in [2.75, 3.05) is 0 Å². The maximum Gasteiger partial charge on any atom is 0.326 e. The summed E-state index contributed by atoms with van der Waals surface area (Å²) in [7, 11) is 0. The molecule has 0 aliphatic heterocycles. The van der Waals surface area contributed by atoms with E-state index in [9.17, 15) is 13.6 Å². The van der Waals surface area contributed by atoms with E-state index in [0.29, 0.717) is 0 Å². The summed E-state index contributed by atoms with van der Waals surface area (Å²) < 4.78 is 27.2. The van der Waals surface area contributed by atoms with Crippen LogP contribution in [0.25, 0.3) is 11.0 Å². The van der Waals surface area contributed by atoms with Gasteiger partial charge in [-0.05, 0) is 6.92 Å². The van der Waals surface area contributed by atoms with Crippen molar-refractivity contribution in [2.24, 2.45) is 0 Å². The molecule has 1 N–H and O–H groups in total. The Hall–Kier alpha value is -1.98. The predicted octanol–water partition coefficient (Wildman–Crippen LogP) is 1.96. The zero-order valence-corrected chi connectivity index (χ0v) is 8.32. The Morgan fingerprint density at radius 2 is 2.06 bits per heavy atom. The minimum atomic E-state index is -1.07. The third kappa shape index (κ3) is 1.52. The van der Waals surface area contributed by atoms with Gasteiger partial charge in [0.15, 0.2) is 11.6 Å². The van der Waals surface area contributed by atoms with Crippen LogP contribution in [0.4, 0.5) is 8.78 Å². The first kappa shape index (κ1) is 10.5. The Morgan fingerprint density at radius 1 is 1.44 bits per heavy atom. The van der Waals surface area contributed by atoms with E-state index in [1.54, 1.807) is 0 Å². The van der Waals surface area contributed by atoms with Crippen LogP contribution < -0.4 is 0 Å².